The summed E-state index contributed by atoms with van der Waals surface area (Å²) in [6.07, 6.45) is 5.62. The van der Waals surface area contributed by atoms with Crippen LogP contribution >= 0.6 is 0 Å². The van der Waals surface area contributed by atoms with E-state index in [1.807, 2.05) is 11.6 Å². The number of hydrogen-bond donors (Lipinski definition) is 1. The molecular weight excluding hydrogens is 214 g/mol. The summed E-state index contributed by atoms with van der Waals surface area (Å²) in [5.41, 5.74) is 5.86. The molecule has 5 nitrogen and oxygen atoms in total. The molecule has 1 aromatic rings. The van der Waals surface area contributed by atoms with Crippen molar-refractivity contribution in [2.45, 2.75) is 38.8 Å². The van der Waals surface area contributed by atoms with Crippen LogP contribution in [0.15, 0.2) is 6.33 Å². The molecule has 1 fully saturated rings. The van der Waals surface area contributed by atoms with Gasteiger partial charge in [0.05, 0.1) is 6.54 Å². The molecule has 0 radical (unpaired) electrons. The highest BCUT2D eigenvalue weighted by molar-refractivity contribution is 4.90. The summed E-state index contributed by atoms with van der Waals surface area (Å²) in [6.45, 7) is 4.95. The summed E-state index contributed by atoms with van der Waals surface area (Å²) in [5.74, 6) is 1.69. The number of hydrogen-bond acceptors (Lipinski definition) is 4. The van der Waals surface area contributed by atoms with Gasteiger partial charge in [0.25, 0.3) is 0 Å². The van der Waals surface area contributed by atoms with Gasteiger partial charge in [-0.15, -0.1) is 10.2 Å². The van der Waals surface area contributed by atoms with Crippen molar-refractivity contribution in [2.24, 2.45) is 18.7 Å². The Hall–Kier alpha value is -0.940. The van der Waals surface area contributed by atoms with Gasteiger partial charge in [-0.25, -0.2) is 0 Å². The summed E-state index contributed by atoms with van der Waals surface area (Å²) in [6, 6.07) is 0.627. The van der Waals surface area contributed by atoms with Crippen molar-refractivity contribution < 1.29 is 0 Å². The third-order valence-electron chi connectivity index (χ3n) is 3.95. The number of aromatic nitrogens is 3. The minimum atomic E-state index is 0.627. The zero-order valence-corrected chi connectivity index (χ0v) is 10.8. The second-order valence-corrected chi connectivity index (χ2v) is 4.92. The van der Waals surface area contributed by atoms with Crippen molar-refractivity contribution in [3.8, 4) is 0 Å². The predicted molar refractivity (Wildman–Crippen MR) is 67.3 cm³/mol. The minimum Gasteiger partial charge on any atom is -0.330 e. The van der Waals surface area contributed by atoms with Crippen LogP contribution in [0.25, 0.3) is 0 Å². The highest BCUT2D eigenvalue weighted by atomic mass is 15.3. The average molecular weight is 237 g/mol. The fraction of sp³-hybridized carbons (Fsp3) is 0.833. The molecule has 0 bridgehead atoms. The van der Waals surface area contributed by atoms with E-state index in [1.54, 1.807) is 6.33 Å². The Morgan fingerprint density at radius 1 is 1.53 bits per heavy atom. The SMILES string of the molecule is CCN(Cc1nncn1C)C1CCCC1CN. The first-order valence-electron chi connectivity index (χ1n) is 6.53. The van der Waals surface area contributed by atoms with Gasteiger partial charge in [-0.1, -0.05) is 13.3 Å². The molecule has 0 aliphatic heterocycles. The second-order valence-electron chi connectivity index (χ2n) is 4.92. The van der Waals surface area contributed by atoms with E-state index in [4.69, 9.17) is 5.73 Å². The van der Waals surface area contributed by atoms with Crippen LogP contribution in [0, 0.1) is 5.92 Å². The van der Waals surface area contributed by atoms with E-state index in [0.29, 0.717) is 12.0 Å². The summed E-state index contributed by atoms with van der Waals surface area (Å²) in [5, 5.41) is 8.10. The molecule has 1 aromatic heterocycles. The Morgan fingerprint density at radius 2 is 2.35 bits per heavy atom. The van der Waals surface area contributed by atoms with E-state index in [2.05, 4.69) is 22.0 Å². The fourth-order valence-electron chi connectivity index (χ4n) is 2.87. The molecule has 1 heterocycles. The maximum absolute atomic E-state index is 5.86. The molecule has 96 valence electrons. The van der Waals surface area contributed by atoms with Gasteiger partial charge in [0, 0.05) is 13.1 Å². The lowest BCUT2D eigenvalue weighted by Gasteiger charge is -2.31. The van der Waals surface area contributed by atoms with Crippen LogP contribution in [0.4, 0.5) is 0 Å². The predicted octanol–water partition coefficient (Wildman–Crippen LogP) is 0.764. The smallest absolute Gasteiger partial charge is 0.146 e. The molecule has 0 aromatic carbocycles. The summed E-state index contributed by atoms with van der Waals surface area (Å²) in [7, 11) is 2.00. The Bertz CT molecular complexity index is 348. The van der Waals surface area contributed by atoms with Crippen molar-refractivity contribution in [2.75, 3.05) is 13.1 Å². The molecule has 0 spiro atoms. The first-order valence-corrected chi connectivity index (χ1v) is 6.53. The quantitative estimate of drug-likeness (QED) is 0.821. The van der Waals surface area contributed by atoms with Crippen molar-refractivity contribution in [3.63, 3.8) is 0 Å². The van der Waals surface area contributed by atoms with E-state index in [-0.39, 0.29) is 0 Å². The van der Waals surface area contributed by atoms with Gasteiger partial charge >= 0.3 is 0 Å². The molecule has 1 saturated carbocycles. The number of aryl methyl sites for hydroxylation is 1. The van der Waals surface area contributed by atoms with Crippen LogP contribution in [0.2, 0.25) is 0 Å². The van der Waals surface area contributed by atoms with Crippen molar-refractivity contribution in [3.05, 3.63) is 12.2 Å². The zero-order chi connectivity index (χ0) is 12.3. The number of nitrogens with zero attached hydrogens (tertiary/aromatic N) is 4. The molecule has 1 aliphatic carbocycles. The lowest BCUT2D eigenvalue weighted by Crippen LogP contribution is -2.40. The van der Waals surface area contributed by atoms with Crippen molar-refractivity contribution in [1.29, 1.82) is 0 Å². The van der Waals surface area contributed by atoms with E-state index in [1.165, 1.54) is 19.3 Å². The molecule has 5 heteroatoms. The van der Waals surface area contributed by atoms with E-state index < -0.39 is 0 Å². The Balaban J connectivity index is 2.03. The molecule has 17 heavy (non-hydrogen) atoms. The lowest BCUT2D eigenvalue weighted by molar-refractivity contribution is 0.157. The standard InChI is InChI=1S/C12H23N5/c1-3-17(8-12-15-14-9-16(12)2)11-6-4-5-10(11)7-13/h9-11H,3-8,13H2,1-2H3. The lowest BCUT2D eigenvalue weighted by atomic mass is 10.0. The summed E-state index contributed by atoms with van der Waals surface area (Å²) in [4.78, 5) is 2.49. The summed E-state index contributed by atoms with van der Waals surface area (Å²) < 4.78 is 2.00. The van der Waals surface area contributed by atoms with Gasteiger partial charge in [0.15, 0.2) is 0 Å². The van der Waals surface area contributed by atoms with Crippen molar-refractivity contribution in [1.82, 2.24) is 19.7 Å². The van der Waals surface area contributed by atoms with Gasteiger partial charge in [-0.05, 0) is 31.8 Å². The molecule has 2 unspecified atom stereocenters. The van der Waals surface area contributed by atoms with E-state index in [9.17, 15) is 0 Å². The maximum atomic E-state index is 5.86. The molecule has 2 rings (SSSR count). The normalized spacial score (nSPS) is 24.7. The third-order valence-corrected chi connectivity index (χ3v) is 3.95. The topological polar surface area (TPSA) is 60.0 Å². The van der Waals surface area contributed by atoms with Crippen LogP contribution in [0.5, 0.6) is 0 Å². The highest BCUT2D eigenvalue weighted by Crippen LogP contribution is 2.29. The first-order chi connectivity index (χ1) is 8.26. The molecule has 0 amide bonds. The van der Waals surface area contributed by atoms with E-state index in [0.717, 1.165) is 25.5 Å². The van der Waals surface area contributed by atoms with Crippen LogP contribution in [-0.2, 0) is 13.6 Å². The van der Waals surface area contributed by atoms with E-state index >= 15 is 0 Å². The molecule has 2 atom stereocenters. The van der Waals surface area contributed by atoms with Crippen LogP contribution in [0.1, 0.15) is 32.0 Å². The molecule has 2 N–H and O–H groups in total. The van der Waals surface area contributed by atoms with Crippen LogP contribution in [0.3, 0.4) is 0 Å². The molecule has 0 saturated heterocycles. The third kappa shape index (κ3) is 2.66. The van der Waals surface area contributed by atoms with Crippen molar-refractivity contribution >= 4 is 0 Å². The largest absolute Gasteiger partial charge is 0.330 e. The Labute approximate surface area is 103 Å². The average Bonchev–Trinajstić information content (AvgIpc) is 2.95. The Kier molecular flexibility index (Phi) is 4.12. The van der Waals surface area contributed by atoms with Gasteiger partial charge in [-0.3, -0.25) is 4.90 Å². The van der Waals surface area contributed by atoms with Gasteiger partial charge in [-0.2, -0.15) is 0 Å². The first kappa shape index (κ1) is 12.5. The zero-order valence-electron chi connectivity index (χ0n) is 10.8. The van der Waals surface area contributed by atoms with Gasteiger partial charge in [0.1, 0.15) is 12.2 Å². The maximum Gasteiger partial charge on any atom is 0.146 e. The van der Waals surface area contributed by atoms with Crippen LogP contribution < -0.4 is 5.73 Å². The van der Waals surface area contributed by atoms with Gasteiger partial charge < -0.3 is 10.3 Å². The summed E-state index contributed by atoms with van der Waals surface area (Å²) >= 11 is 0. The van der Waals surface area contributed by atoms with Gasteiger partial charge in [0.2, 0.25) is 0 Å². The Morgan fingerprint density at radius 3 is 2.94 bits per heavy atom. The molecule has 1 aliphatic rings. The molecular formula is C12H23N5. The minimum absolute atomic E-state index is 0.627. The second kappa shape index (κ2) is 5.60. The van der Waals surface area contributed by atoms with Crippen LogP contribution in [-0.4, -0.2) is 38.8 Å². The highest BCUT2D eigenvalue weighted by Gasteiger charge is 2.30. The number of rotatable bonds is 5. The monoisotopic (exact) mass is 237 g/mol. The fourth-order valence-corrected chi connectivity index (χ4v) is 2.87. The number of nitrogens with two attached hydrogens (primary N) is 1.